The van der Waals surface area contributed by atoms with E-state index in [0.29, 0.717) is 6.54 Å². The van der Waals surface area contributed by atoms with Gasteiger partial charge in [0.2, 0.25) is 0 Å². The first kappa shape index (κ1) is 26.6. The lowest BCUT2D eigenvalue weighted by atomic mass is 9.62. The van der Waals surface area contributed by atoms with Crippen molar-refractivity contribution >= 4 is 29.0 Å². The first-order chi connectivity index (χ1) is 24.3. The van der Waals surface area contributed by atoms with Crippen LogP contribution in [0.3, 0.4) is 0 Å². The normalized spacial score (nSPS) is 17.3. The second-order valence-electron chi connectivity index (χ2n) is 12.9. The number of nitrogens with zero attached hydrogens (tertiary/aromatic N) is 3. The molecule has 4 aliphatic heterocycles. The third kappa shape index (κ3) is 3.59. The molecule has 0 amide bonds. The summed E-state index contributed by atoms with van der Waals surface area (Å²) in [6.07, 6.45) is 5.88. The Morgan fingerprint density at radius 1 is 0.571 bits per heavy atom. The molecule has 5 nitrogen and oxygen atoms in total. The van der Waals surface area contributed by atoms with E-state index in [2.05, 4.69) is 142 Å². The minimum Gasteiger partial charge on any atom is -0.457 e. The Hall–Kier alpha value is -6.46. The van der Waals surface area contributed by atoms with Gasteiger partial charge in [-0.2, -0.15) is 0 Å². The van der Waals surface area contributed by atoms with Crippen LogP contribution in [0.5, 0.6) is 23.0 Å². The Bertz CT molecular complexity index is 2650. The Morgan fingerprint density at radius 3 is 2.00 bits per heavy atom. The summed E-state index contributed by atoms with van der Waals surface area (Å²) in [5.41, 5.74) is 12.6. The van der Waals surface area contributed by atoms with Gasteiger partial charge in [-0.05, 0) is 53.6 Å². The van der Waals surface area contributed by atoms with Gasteiger partial charge in [-0.15, -0.1) is 0 Å². The standard InChI is InChI=1S/C44H27N3O2/c1-4-13-38-31(10-1)32-25-45-26-39(32)47(38)30-17-19-36-43(24-30)49-41-15-6-3-12-34(41)44(36)33-11-2-5-14-40(33)48-42-23-28(16-18-35(42)44)27-8-7-9-29(22-27)37-20-21-46-37/h1-25H,26H2. The monoisotopic (exact) mass is 629 g/mol. The molecule has 49 heavy (non-hydrogen) atoms. The van der Waals surface area contributed by atoms with E-state index in [1.807, 2.05) is 24.6 Å². The van der Waals surface area contributed by atoms with Gasteiger partial charge in [0.25, 0.3) is 0 Å². The maximum Gasteiger partial charge on any atom is 0.134 e. The third-order valence-corrected chi connectivity index (χ3v) is 10.5. The van der Waals surface area contributed by atoms with Gasteiger partial charge in [0.1, 0.15) is 23.0 Å². The quantitative estimate of drug-likeness (QED) is 0.195. The van der Waals surface area contributed by atoms with E-state index in [9.17, 15) is 0 Å². The molecule has 0 radical (unpaired) electrons. The number of hydrogen-bond acceptors (Lipinski definition) is 4. The molecule has 11 rings (SSSR count). The van der Waals surface area contributed by atoms with Crippen molar-refractivity contribution in [3.05, 3.63) is 179 Å². The molecular weight excluding hydrogens is 603 g/mol. The Labute approximate surface area is 282 Å². The van der Waals surface area contributed by atoms with Crippen LogP contribution in [0.4, 0.5) is 0 Å². The van der Waals surface area contributed by atoms with Gasteiger partial charge in [-0.3, -0.25) is 9.98 Å². The predicted octanol–water partition coefficient (Wildman–Crippen LogP) is 10.2. The summed E-state index contributed by atoms with van der Waals surface area (Å²) in [5.74, 6) is 3.34. The van der Waals surface area contributed by atoms with Crippen LogP contribution in [0, 0.1) is 0 Å². The van der Waals surface area contributed by atoms with Crippen LogP contribution in [0.1, 0.15) is 39.1 Å². The molecule has 0 N–H and O–H groups in total. The van der Waals surface area contributed by atoms with E-state index < -0.39 is 5.41 Å². The molecule has 6 aromatic carbocycles. The van der Waals surface area contributed by atoms with Gasteiger partial charge in [0.05, 0.1) is 28.9 Å². The van der Waals surface area contributed by atoms with Crippen LogP contribution in [0.25, 0.3) is 33.4 Å². The zero-order chi connectivity index (χ0) is 32.1. The number of ether oxygens (including phenoxy) is 2. The van der Waals surface area contributed by atoms with Gasteiger partial charge < -0.3 is 14.0 Å². The highest BCUT2D eigenvalue weighted by atomic mass is 16.5. The molecule has 4 aliphatic rings. The van der Waals surface area contributed by atoms with Crippen molar-refractivity contribution in [2.45, 2.75) is 12.0 Å². The second kappa shape index (κ2) is 9.78. The molecule has 0 aliphatic carbocycles. The zero-order valence-electron chi connectivity index (χ0n) is 26.3. The molecule has 0 saturated carbocycles. The number of hydrogen-bond donors (Lipinski definition) is 0. The number of aromatic nitrogens is 1. The maximum absolute atomic E-state index is 6.85. The summed E-state index contributed by atoms with van der Waals surface area (Å²) >= 11 is 0. The van der Waals surface area contributed by atoms with Crippen molar-refractivity contribution in [2.24, 2.45) is 9.98 Å². The number of allylic oxidation sites excluding steroid dienone is 1. The molecule has 0 fully saturated rings. The van der Waals surface area contributed by atoms with Crippen molar-refractivity contribution < 1.29 is 9.47 Å². The molecule has 0 saturated heterocycles. The lowest BCUT2D eigenvalue weighted by molar-refractivity contribution is 0.399. The first-order valence-electron chi connectivity index (χ1n) is 16.6. The molecular formula is C44H27N3O2. The third-order valence-electron chi connectivity index (χ3n) is 10.5. The maximum atomic E-state index is 6.85. The van der Waals surface area contributed by atoms with Gasteiger partial charge in [-0.1, -0.05) is 91.0 Å². The summed E-state index contributed by atoms with van der Waals surface area (Å²) in [7, 11) is 0. The zero-order valence-corrected chi connectivity index (χ0v) is 26.3. The molecule has 230 valence electrons. The molecule has 1 aromatic heterocycles. The van der Waals surface area contributed by atoms with Crippen LogP contribution >= 0.6 is 0 Å². The number of aliphatic imine (C=N–C) groups is 2. The highest BCUT2D eigenvalue weighted by Gasteiger charge is 2.50. The summed E-state index contributed by atoms with van der Waals surface area (Å²) in [5, 5.41) is 1.21. The first-order valence-corrected chi connectivity index (χ1v) is 16.6. The van der Waals surface area contributed by atoms with Crippen molar-refractivity contribution in [2.75, 3.05) is 0 Å². The van der Waals surface area contributed by atoms with Gasteiger partial charge in [0, 0.05) is 62.9 Å². The molecule has 1 atom stereocenters. The lowest BCUT2D eigenvalue weighted by Gasteiger charge is -2.45. The summed E-state index contributed by atoms with van der Waals surface area (Å²) in [6, 6.07) is 47.3. The van der Waals surface area contributed by atoms with Gasteiger partial charge in [-0.25, -0.2) is 0 Å². The van der Waals surface area contributed by atoms with E-state index in [1.165, 1.54) is 22.2 Å². The summed E-state index contributed by atoms with van der Waals surface area (Å²) in [6.45, 7) is 0.656. The second-order valence-corrected chi connectivity index (χ2v) is 12.9. The number of benzene rings is 6. The number of rotatable bonds is 3. The molecule has 7 aromatic rings. The van der Waals surface area contributed by atoms with Gasteiger partial charge >= 0.3 is 0 Å². The summed E-state index contributed by atoms with van der Waals surface area (Å²) < 4.78 is 16.0. The Kier molecular flexibility index (Phi) is 5.31. The smallest absolute Gasteiger partial charge is 0.134 e. The Morgan fingerprint density at radius 2 is 1.22 bits per heavy atom. The van der Waals surface area contributed by atoms with E-state index >= 15 is 0 Å². The Balaban J connectivity index is 1.15. The molecule has 0 bridgehead atoms. The highest BCUT2D eigenvalue weighted by Crippen LogP contribution is 2.61. The van der Waals surface area contributed by atoms with E-state index in [1.54, 1.807) is 0 Å². The SMILES string of the molecule is C1=NCc2c1c1ccccc1n2-c1ccc2c(c1)Oc1ccccc1C21c2ccccc2Oc2cc(-c3cccc(C4=CC=N4)c3)ccc21. The largest absolute Gasteiger partial charge is 0.457 e. The minimum atomic E-state index is -0.664. The van der Waals surface area contributed by atoms with Crippen molar-refractivity contribution in [3.8, 4) is 39.8 Å². The molecule has 5 heterocycles. The highest BCUT2D eigenvalue weighted by molar-refractivity contribution is 6.03. The predicted molar refractivity (Wildman–Crippen MR) is 195 cm³/mol. The molecule has 1 unspecified atom stereocenters. The minimum absolute atomic E-state index is 0.656. The van der Waals surface area contributed by atoms with Crippen LogP contribution in [0.2, 0.25) is 0 Å². The fraction of sp³-hybridized carbons (Fsp3) is 0.0455. The average Bonchev–Trinajstić information content (AvgIpc) is 3.72. The molecule has 1 spiro atoms. The van der Waals surface area contributed by atoms with E-state index in [-0.39, 0.29) is 0 Å². The van der Waals surface area contributed by atoms with Crippen LogP contribution in [0.15, 0.2) is 150 Å². The van der Waals surface area contributed by atoms with Crippen LogP contribution in [-0.4, -0.2) is 17.0 Å². The van der Waals surface area contributed by atoms with Crippen molar-refractivity contribution in [3.63, 3.8) is 0 Å². The summed E-state index contributed by atoms with van der Waals surface area (Å²) in [4.78, 5) is 9.05. The lowest BCUT2D eigenvalue weighted by Crippen LogP contribution is -2.36. The van der Waals surface area contributed by atoms with Crippen LogP contribution < -0.4 is 9.47 Å². The van der Waals surface area contributed by atoms with E-state index in [0.717, 1.165) is 73.3 Å². The topological polar surface area (TPSA) is 48.1 Å². The average molecular weight is 630 g/mol. The molecule has 5 heteroatoms. The fourth-order valence-corrected chi connectivity index (χ4v) is 8.29. The number of fused-ring (bicyclic) bond motifs is 11. The van der Waals surface area contributed by atoms with Crippen LogP contribution in [-0.2, 0) is 12.0 Å². The van der Waals surface area contributed by atoms with Crippen molar-refractivity contribution in [1.82, 2.24) is 4.57 Å². The van der Waals surface area contributed by atoms with Crippen molar-refractivity contribution in [1.29, 1.82) is 0 Å². The number of para-hydroxylation sites is 3. The van der Waals surface area contributed by atoms with Gasteiger partial charge in [0.15, 0.2) is 0 Å². The van der Waals surface area contributed by atoms with E-state index in [4.69, 9.17) is 9.47 Å². The fourth-order valence-electron chi connectivity index (χ4n) is 8.29.